The van der Waals surface area contributed by atoms with E-state index in [1.54, 1.807) is 38.1 Å². The van der Waals surface area contributed by atoms with E-state index >= 15 is 0 Å². The second kappa shape index (κ2) is 9.48. The van der Waals surface area contributed by atoms with Crippen LogP contribution in [-0.4, -0.2) is 42.2 Å². The summed E-state index contributed by atoms with van der Waals surface area (Å²) in [5, 5.41) is 5.23. The van der Waals surface area contributed by atoms with Gasteiger partial charge in [0, 0.05) is 43.7 Å². The standard InChI is InChI=1S/C19H24N4O5S/c1-4-23(5-2)29(27,28)17-9-10-19(26)22(12-17)13-18(25)21-16-8-6-7-15(11-16)20-14(3)24/h6-12H,4-5,13H2,1-3H3,(H,20,24)(H,21,25). The van der Waals surface area contributed by atoms with Gasteiger partial charge in [0.05, 0.1) is 4.90 Å². The van der Waals surface area contributed by atoms with E-state index in [0.717, 1.165) is 10.6 Å². The van der Waals surface area contributed by atoms with Gasteiger partial charge in [-0.3, -0.25) is 14.4 Å². The zero-order chi connectivity index (χ0) is 21.6. The van der Waals surface area contributed by atoms with Crippen LogP contribution < -0.4 is 16.2 Å². The number of carbonyl (C=O) groups is 2. The highest BCUT2D eigenvalue weighted by Gasteiger charge is 2.22. The van der Waals surface area contributed by atoms with Crippen LogP contribution in [0.5, 0.6) is 0 Å². The zero-order valence-electron chi connectivity index (χ0n) is 16.5. The SMILES string of the molecule is CCN(CC)S(=O)(=O)c1ccc(=O)n(CC(=O)Nc2cccc(NC(C)=O)c2)c1. The molecule has 0 atom stereocenters. The van der Waals surface area contributed by atoms with Gasteiger partial charge in [-0.05, 0) is 24.3 Å². The molecule has 0 aliphatic carbocycles. The van der Waals surface area contributed by atoms with Gasteiger partial charge in [0.15, 0.2) is 0 Å². The molecule has 9 nitrogen and oxygen atoms in total. The molecule has 0 saturated heterocycles. The molecule has 0 unspecified atom stereocenters. The Balaban J connectivity index is 2.21. The van der Waals surface area contributed by atoms with Crippen LogP contribution in [0, 0.1) is 0 Å². The van der Waals surface area contributed by atoms with Crippen molar-refractivity contribution in [2.75, 3.05) is 23.7 Å². The Morgan fingerprint density at radius 2 is 1.66 bits per heavy atom. The van der Waals surface area contributed by atoms with E-state index in [0.29, 0.717) is 24.5 Å². The van der Waals surface area contributed by atoms with E-state index in [9.17, 15) is 22.8 Å². The molecule has 2 rings (SSSR count). The van der Waals surface area contributed by atoms with Crippen LogP contribution in [-0.2, 0) is 26.2 Å². The van der Waals surface area contributed by atoms with Crippen LogP contribution in [0.4, 0.5) is 11.4 Å². The summed E-state index contributed by atoms with van der Waals surface area (Å²) < 4.78 is 27.6. The lowest BCUT2D eigenvalue weighted by molar-refractivity contribution is -0.117. The fourth-order valence-electron chi connectivity index (χ4n) is 2.73. The summed E-state index contributed by atoms with van der Waals surface area (Å²) in [4.78, 5) is 35.5. The van der Waals surface area contributed by atoms with Crippen molar-refractivity contribution in [3.8, 4) is 0 Å². The first-order valence-corrected chi connectivity index (χ1v) is 10.5. The number of sulfonamides is 1. The highest BCUT2D eigenvalue weighted by atomic mass is 32.2. The van der Waals surface area contributed by atoms with Gasteiger partial charge in [-0.15, -0.1) is 0 Å². The molecule has 0 radical (unpaired) electrons. The fourth-order valence-corrected chi connectivity index (χ4v) is 4.21. The number of rotatable bonds is 8. The van der Waals surface area contributed by atoms with Crippen molar-refractivity contribution in [1.82, 2.24) is 8.87 Å². The smallest absolute Gasteiger partial charge is 0.251 e. The maximum Gasteiger partial charge on any atom is 0.251 e. The normalized spacial score (nSPS) is 11.3. The molecule has 2 N–H and O–H groups in total. The van der Waals surface area contributed by atoms with Gasteiger partial charge in [-0.1, -0.05) is 19.9 Å². The van der Waals surface area contributed by atoms with Crippen LogP contribution >= 0.6 is 0 Å². The van der Waals surface area contributed by atoms with Gasteiger partial charge >= 0.3 is 0 Å². The lowest BCUT2D eigenvalue weighted by Gasteiger charge is -2.19. The number of hydrogen-bond donors (Lipinski definition) is 2. The first-order valence-electron chi connectivity index (χ1n) is 9.05. The van der Waals surface area contributed by atoms with Gasteiger partial charge in [-0.25, -0.2) is 8.42 Å². The molecule has 156 valence electrons. The number of hydrogen-bond acceptors (Lipinski definition) is 5. The van der Waals surface area contributed by atoms with Crippen molar-refractivity contribution in [2.45, 2.75) is 32.2 Å². The molecule has 10 heteroatoms. The average Bonchev–Trinajstić information content (AvgIpc) is 2.63. The molecule has 0 bridgehead atoms. The van der Waals surface area contributed by atoms with E-state index in [2.05, 4.69) is 10.6 Å². The molecule has 2 aromatic rings. The highest BCUT2D eigenvalue weighted by Crippen LogP contribution is 2.16. The van der Waals surface area contributed by atoms with E-state index in [-0.39, 0.29) is 17.3 Å². The molecular weight excluding hydrogens is 396 g/mol. The number of aromatic nitrogens is 1. The Hall–Kier alpha value is -2.98. The Morgan fingerprint density at radius 1 is 1.03 bits per heavy atom. The molecule has 1 aromatic carbocycles. The quantitative estimate of drug-likeness (QED) is 0.671. The maximum atomic E-state index is 12.6. The van der Waals surface area contributed by atoms with Crippen LogP contribution in [0.3, 0.4) is 0 Å². The molecule has 2 amide bonds. The Kier molecular flexibility index (Phi) is 7.29. The largest absolute Gasteiger partial charge is 0.326 e. The van der Waals surface area contributed by atoms with Crippen LogP contribution in [0.15, 0.2) is 52.3 Å². The average molecular weight is 420 g/mol. The molecule has 0 spiro atoms. The number of carbonyl (C=O) groups excluding carboxylic acids is 2. The van der Waals surface area contributed by atoms with E-state index in [4.69, 9.17) is 0 Å². The Bertz CT molecular complexity index is 1060. The number of amides is 2. The van der Waals surface area contributed by atoms with Crippen molar-refractivity contribution in [3.05, 3.63) is 52.9 Å². The summed E-state index contributed by atoms with van der Waals surface area (Å²) in [6.45, 7) is 5.05. The van der Waals surface area contributed by atoms with Gasteiger partial charge in [-0.2, -0.15) is 4.31 Å². The summed E-state index contributed by atoms with van der Waals surface area (Å²) in [5.74, 6) is -0.754. The molecule has 0 aliphatic rings. The second-order valence-corrected chi connectivity index (χ2v) is 8.17. The minimum absolute atomic E-state index is 0.0544. The third-order valence-electron chi connectivity index (χ3n) is 4.08. The van der Waals surface area contributed by atoms with E-state index < -0.39 is 21.5 Å². The number of pyridine rings is 1. The summed E-state index contributed by atoms with van der Waals surface area (Å²) in [6, 6.07) is 8.90. The maximum absolute atomic E-state index is 12.6. The predicted molar refractivity (Wildman–Crippen MR) is 110 cm³/mol. The number of nitrogens with one attached hydrogen (secondary N) is 2. The second-order valence-electron chi connectivity index (χ2n) is 6.23. The van der Waals surface area contributed by atoms with Crippen molar-refractivity contribution in [3.63, 3.8) is 0 Å². The first-order chi connectivity index (χ1) is 13.7. The van der Waals surface area contributed by atoms with Crippen molar-refractivity contribution in [2.24, 2.45) is 0 Å². The van der Waals surface area contributed by atoms with Gasteiger partial charge in [0.2, 0.25) is 21.8 Å². The molecule has 0 saturated carbocycles. The Labute approximate surface area is 169 Å². The van der Waals surface area contributed by atoms with Gasteiger partial charge < -0.3 is 15.2 Å². The topological polar surface area (TPSA) is 118 Å². The van der Waals surface area contributed by atoms with Crippen LogP contribution in [0.1, 0.15) is 20.8 Å². The lowest BCUT2D eigenvalue weighted by Crippen LogP contribution is -2.33. The molecular formula is C19H24N4O5S. The molecule has 1 aromatic heterocycles. The lowest BCUT2D eigenvalue weighted by atomic mass is 10.2. The van der Waals surface area contributed by atoms with Crippen molar-refractivity contribution >= 4 is 33.2 Å². The van der Waals surface area contributed by atoms with E-state index in [1.165, 1.54) is 23.5 Å². The minimum atomic E-state index is -3.75. The molecule has 0 aliphatic heterocycles. The summed E-state index contributed by atoms with van der Waals surface area (Å²) in [6.07, 6.45) is 1.17. The third kappa shape index (κ3) is 5.75. The first kappa shape index (κ1) is 22.3. The van der Waals surface area contributed by atoms with Crippen molar-refractivity contribution in [1.29, 1.82) is 0 Å². The van der Waals surface area contributed by atoms with E-state index in [1.807, 2.05) is 0 Å². The Morgan fingerprint density at radius 3 is 2.24 bits per heavy atom. The number of nitrogens with zero attached hydrogens (tertiary/aromatic N) is 2. The monoisotopic (exact) mass is 420 g/mol. The highest BCUT2D eigenvalue weighted by molar-refractivity contribution is 7.89. The van der Waals surface area contributed by atoms with Crippen LogP contribution in [0.25, 0.3) is 0 Å². The summed E-state index contributed by atoms with van der Waals surface area (Å²) >= 11 is 0. The zero-order valence-corrected chi connectivity index (χ0v) is 17.3. The third-order valence-corrected chi connectivity index (χ3v) is 6.11. The summed E-state index contributed by atoms with van der Waals surface area (Å²) in [7, 11) is -3.75. The van der Waals surface area contributed by atoms with Crippen LogP contribution in [0.2, 0.25) is 0 Å². The number of anilines is 2. The van der Waals surface area contributed by atoms with Gasteiger partial charge in [0.25, 0.3) is 5.56 Å². The molecule has 1 heterocycles. The predicted octanol–water partition coefficient (Wildman–Crippen LogP) is 1.48. The fraction of sp³-hybridized carbons (Fsp3) is 0.316. The molecule has 29 heavy (non-hydrogen) atoms. The number of benzene rings is 1. The minimum Gasteiger partial charge on any atom is -0.326 e. The van der Waals surface area contributed by atoms with Crippen molar-refractivity contribution < 1.29 is 18.0 Å². The summed E-state index contributed by atoms with van der Waals surface area (Å²) in [5.41, 5.74) is 0.451. The molecule has 0 fully saturated rings. The van der Waals surface area contributed by atoms with Gasteiger partial charge in [0.1, 0.15) is 6.54 Å².